The zero-order valence-corrected chi connectivity index (χ0v) is 14.2. The number of ether oxygens (including phenoxy) is 1. The van der Waals surface area contributed by atoms with Crippen LogP contribution in [0.4, 0.5) is 0 Å². The molecule has 2 heterocycles. The average Bonchev–Trinajstić information content (AvgIpc) is 2.76. The maximum absolute atomic E-state index is 11.6. The molecule has 0 aliphatic carbocycles. The van der Waals surface area contributed by atoms with Gasteiger partial charge in [-0.25, -0.2) is 0 Å². The maximum atomic E-state index is 11.6. The van der Waals surface area contributed by atoms with Crippen molar-refractivity contribution in [2.45, 2.75) is 52.7 Å². The molecule has 0 atom stereocenters. The summed E-state index contributed by atoms with van der Waals surface area (Å²) in [6.45, 7) is 9.60. The number of aromatic nitrogens is 2. The van der Waals surface area contributed by atoms with Gasteiger partial charge in [0.1, 0.15) is 6.54 Å². The van der Waals surface area contributed by atoms with Crippen LogP contribution in [0.25, 0.3) is 0 Å². The van der Waals surface area contributed by atoms with Crippen LogP contribution in [0.5, 0.6) is 0 Å². The van der Waals surface area contributed by atoms with Gasteiger partial charge < -0.3 is 10.1 Å². The van der Waals surface area contributed by atoms with E-state index in [-0.39, 0.29) is 12.5 Å². The highest BCUT2D eigenvalue weighted by Crippen LogP contribution is 2.19. The number of rotatable bonds is 6. The summed E-state index contributed by atoms with van der Waals surface area (Å²) in [6, 6.07) is 0.644. The van der Waals surface area contributed by atoms with Gasteiger partial charge in [-0.1, -0.05) is 0 Å². The molecular formula is C16H28N4O2. The molecule has 1 aromatic rings. The van der Waals surface area contributed by atoms with Gasteiger partial charge >= 0.3 is 5.97 Å². The molecule has 0 radical (unpaired) electrons. The Balaban J connectivity index is 1.99. The predicted molar refractivity (Wildman–Crippen MR) is 85.7 cm³/mol. The van der Waals surface area contributed by atoms with Crippen LogP contribution in [-0.4, -0.2) is 53.4 Å². The van der Waals surface area contributed by atoms with Gasteiger partial charge in [-0.05, 0) is 53.8 Å². The first-order valence-corrected chi connectivity index (χ1v) is 8.13. The van der Waals surface area contributed by atoms with E-state index in [1.54, 1.807) is 4.68 Å². The van der Waals surface area contributed by atoms with Crippen molar-refractivity contribution in [2.24, 2.45) is 0 Å². The minimum atomic E-state index is -0.227. The molecule has 1 aliphatic heterocycles. The Kier molecular flexibility index (Phi) is 5.97. The highest BCUT2D eigenvalue weighted by Gasteiger charge is 2.21. The quantitative estimate of drug-likeness (QED) is 0.802. The minimum absolute atomic E-state index is 0.197. The fraction of sp³-hybridized carbons (Fsp3) is 0.750. The van der Waals surface area contributed by atoms with Crippen LogP contribution in [0, 0.1) is 13.8 Å². The molecule has 6 heteroatoms. The first-order chi connectivity index (χ1) is 10.5. The third-order valence-corrected chi connectivity index (χ3v) is 4.49. The fourth-order valence-corrected chi connectivity index (χ4v) is 3.05. The van der Waals surface area contributed by atoms with Crippen molar-refractivity contribution in [3.63, 3.8) is 0 Å². The molecule has 6 nitrogen and oxygen atoms in total. The highest BCUT2D eigenvalue weighted by atomic mass is 16.5. The molecule has 1 fully saturated rings. The van der Waals surface area contributed by atoms with Crippen molar-refractivity contribution < 1.29 is 9.53 Å². The molecule has 1 aromatic heterocycles. The standard InChI is InChI=1S/C16H28N4O2/c1-5-22-16(21)11-20-13(3)15(12(2)18-20)10-19-8-6-14(17-4)7-9-19/h14,17H,5-11H2,1-4H3. The number of esters is 1. The molecule has 1 N–H and O–H groups in total. The monoisotopic (exact) mass is 308 g/mol. The van der Waals surface area contributed by atoms with Gasteiger partial charge in [-0.2, -0.15) is 5.10 Å². The molecule has 2 rings (SSSR count). The largest absolute Gasteiger partial charge is 0.465 e. The van der Waals surface area contributed by atoms with Crippen molar-refractivity contribution in [1.82, 2.24) is 20.0 Å². The molecule has 0 spiro atoms. The molecular weight excluding hydrogens is 280 g/mol. The van der Waals surface area contributed by atoms with Crippen molar-refractivity contribution in [2.75, 3.05) is 26.7 Å². The van der Waals surface area contributed by atoms with Crippen LogP contribution in [0.15, 0.2) is 0 Å². The van der Waals surface area contributed by atoms with E-state index < -0.39 is 0 Å². The van der Waals surface area contributed by atoms with Crippen molar-refractivity contribution in [1.29, 1.82) is 0 Å². The van der Waals surface area contributed by atoms with Crippen LogP contribution >= 0.6 is 0 Å². The lowest BCUT2D eigenvalue weighted by Gasteiger charge is -2.31. The van der Waals surface area contributed by atoms with Gasteiger partial charge in [0.05, 0.1) is 12.3 Å². The van der Waals surface area contributed by atoms with Crippen molar-refractivity contribution >= 4 is 5.97 Å². The van der Waals surface area contributed by atoms with E-state index >= 15 is 0 Å². The van der Waals surface area contributed by atoms with Crippen molar-refractivity contribution in [3.05, 3.63) is 17.0 Å². The topological polar surface area (TPSA) is 59.4 Å². The first-order valence-electron chi connectivity index (χ1n) is 8.13. The van der Waals surface area contributed by atoms with Gasteiger partial charge in [0.15, 0.2) is 0 Å². The molecule has 0 bridgehead atoms. The molecule has 0 unspecified atom stereocenters. The summed E-state index contributed by atoms with van der Waals surface area (Å²) in [4.78, 5) is 14.1. The Hall–Kier alpha value is -1.40. The number of piperidine rings is 1. The summed E-state index contributed by atoms with van der Waals surface area (Å²) in [5, 5.41) is 7.86. The Morgan fingerprint density at radius 1 is 1.36 bits per heavy atom. The molecule has 0 aromatic carbocycles. The minimum Gasteiger partial charge on any atom is -0.465 e. The van der Waals surface area contributed by atoms with Crippen LogP contribution < -0.4 is 5.32 Å². The average molecular weight is 308 g/mol. The van der Waals surface area contributed by atoms with E-state index in [2.05, 4.69) is 15.3 Å². The normalized spacial score (nSPS) is 16.9. The van der Waals surface area contributed by atoms with E-state index in [1.807, 2.05) is 27.8 Å². The number of nitrogens with one attached hydrogen (secondary N) is 1. The number of carbonyl (C=O) groups excluding carboxylic acids is 1. The van der Waals surface area contributed by atoms with E-state index in [0.29, 0.717) is 12.6 Å². The smallest absolute Gasteiger partial charge is 0.327 e. The van der Waals surface area contributed by atoms with Crippen LogP contribution in [0.3, 0.4) is 0 Å². The van der Waals surface area contributed by atoms with Gasteiger partial charge in [0, 0.05) is 23.8 Å². The summed E-state index contributed by atoms with van der Waals surface area (Å²) in [5.41, 5.74) is 3.33. The van der Waals surface area contributed by atoms with Gasteiger partial charge in [-0.15, -0.1) is 0 Å². The highest BCUT2D eigenvalue weighted by molar-refractivity contribution is 5.69. The lowest BCUT2D eigenvalue weighted by molar-refractivity contribution is -0.144. The third-order valence-electron chi connectivity index (χ3n) is 4.49. The van der Waals surface area contributed by atoms with E-state index in [1.165, 1.54) is 18.4 Å². The summed E-state index contributed by atoms with van der Waals surface area (Å²) in [7, 11) is 2.04. The number of hydrogen-bond donors (Lipinski definition) is 1. The summed E-state index contributed by atoms with van der Waals surface area (Å²) < 4.78 is 6.77. The molecule has 0 amide bonds. The van der Waals surface area contributed by atoms with E-state index in [0.717, 1.165) is 31.0 Å². The van der Waals surface area contributed by atoms with E-state index in [4.69, 9.17) is 4.74 Å². The van der Waals surface area contributed by atoms with E-state index in [9.17, 15) is 4.79 Å². The van der Waals surface area contributed by atoms with Gasteiger partial charge in [-0.3, -0.25) is 14.4 Å². The molecule has 22 heavy (non-hydrogen) atoms. The lowest BCUT2D eigenvalue weighted by atomic mass is 10.0. The zero-order chi connectivity index (χ0) is 16.1. The second kappa shape index (κ2) is 7.74. The number of nitrogens with zero attached hydrogens (tertiary/aromatic N) is 3. The van der Waals surface area contributed by atoms with Crippen molar-refractivity contribution in [3.8, 4) is 0 Å². The van der Waals surface area contributed by atoms with Crippen LogP contribution in [-0.2, 0) is 22.6 Å². The molecule has 124 valence electrons. The Bertz CT molecular complexity index is 504. The molecule has 1 saturated heterocycles. The maximum Gasteiger partial charge on any atom is 0.327 e. The Morgan fingerprint density at radius 3 is 2.64 bits per heavy atom. The second-order valence-corrected chi connectivity index (χ2v) is 5.95. The summed E-state index contributed by atoms with van der Waals surface area (Å²) in [6.07, 6.45) is 2.37. The SMILES string of the molecule is CCOC(=O)Cn1nc(C)c(CN2CCC(NC)CC2)c1C. The number of likely N-dealkylation sites (tertiary alicyclic amines) is 1. The zero-order valence-electron chi connectivity index (χ0n) is 14.2. The summed E-state index contributed by atoms with van der Waals surface area (Å²) in [5.74, 6) is -0.227. The fourth-order valence-electron chi connectivity index (χ4n) is 3.05. The van der Waals surface area contributed by atoms with Gasteiger partial charge in [0.2, 0.25) is 0 Å². The van der Waals surface area contributed by atoms with Gasteiger partial charge in [0.25, 0.3) is 0 Å². The second-order valence-electron chi connectivity index (χ2n) is 5.95. The first kappa shape index (κ1) is 17.0. The predicted octanol–water partition coefficient (Wildman–Crippen LogP) is 1.25. The number of hydrogen-bond acceptors (Lipinski definition) is 5. The van der Waals surface area contributed by atoms with Crippen LogP contribution in [0.1, 0.15) is 36.7 Å². The number of aryl methyl sites for hydroxylation is 1. The Morgan fingerprint density at radius 2 is 2.05 bits per heavy atom. The van der Waals surface area contributed by atoms with Crippen LogP contribution in [0.2, 0.25) is 0 Å². The third kappa shape index (κ3) is 4.08. The lowest BCUT2D eigenvalue weighted by Crippen LogP contribution is -2.40. The number of carbonyl (C=O) groups is 1. The summed E-state index contributed by atoms with van der Waals surface area (Å²) >= 11 is 0. The molecule has 1 aliphatic rings. The Labute approximate surface area is 132 Å². The molecule has 0 saturated carbocycles.